The van der Waals surface area contributed by atoms with Gasteiger partial charge in [0.05, 0.1) is 17.9 Å². The molecule has 2 heterocycles. The molecule has 154 valence electrons. The summed E-state index contributed by atoms with van der Waals surface area (Å²) in [6, 6.07) is 6.32. The van der Waals surface area contributed by atoms with E-state index < -0.39 is 28.4 Å². The molecule has 0 unspecified atom stereocenters. The maximum absolute atomic E-state index is 12.6. The summed E-state index contributed by atoms with van der Waals surface area (Å²) in [6.07, 6.45) is 0.817. The third-order valence-electron chi connectivity index (χ3n) is 3.65. The average molecular weight is 445 g/mol. The number of halogens is 3. The molecule has 2 N–H and O–H groups in total. The predicted octanol–water partition coefficient (Wildman–Crippen LogP) is 2.82. The maximum atomic E-state index is 12.6. The topological polar surface area (TPSA) is 123 Å². The van der Waals surface area contributed by atoms with Crippen LogP contribution in [0.3, 0.4) is 0 Å². The predicted molar refractivity (Wildman–Crippen MR) is 101 cm³/mol. The second-order valence-electron chi connectivity index (χ2n) is 5.91. The van der Waals surface area contributed by atoms with Crippen LogP contribution in [0.4, 0.5) is 14.7 Å². The van der Waals surface area contributed by atoms with Crippen LogP contribution in [0, 0.1) is 0 Å². The zero-order chi connectivity index (χ0) is 21.0. The first-order valence-electron chi connectivity index (χ1n) is 8.12. The summed E-state index contributed by atoms with van der Waals surface area (Å²) in [7, 11) is -3.42. The van der Waals surface area contributed by atoms with Crippen molar-refractivity contribution in [1.82, 2.24) is 24.9 Å². The van der Waals surface area contributed by atoms with Crippen LogP contribution >= 0.6 is 11.6 Å². The molecule has 2 aromatic heterocycles. The number of benzene rings is 1. The van der Waals surface area contributed by atoms with Gasteiger partial charge in [0, 0.05) is 24.0 Å². The summed E-state index contributed by atoms with van der Waals surface area (Å²) in [5.41, 5.74) is 1.00. The molecule has 0 aliphatic carbocycles. The molecule has 0 amide bonds. The van der Waals surface area contributed by atoms with Gasteiger partial charge < -0.3 is 9.73 Å². The van der Waals surface area contributed by atoms with E-state index in [2.05, 4.69) is 30.2 Å². The molecule has 0 aliphatic heterocycles. The Kier molecular flexibility index (Phi) is 6.35. The lowest BCUT2D eigenvalue weighted by Crippen LogP contribution is -2.31. The fourth-order valence-electron chi connectivity index (χ4n) is 2.29. The van der Waals surface area contributed by atoms with Crippen molar-refractivity contribution in [2.75, 3.05) is 18.1 Å². The zero-order valence-corrected chi connectivity index (χ0v) is 16.5. The van der Waals surface area contributed by atoms with Crippen molar-refractivity contribution in [3.05, 3.63) is 53.1 Å². The van der Waals surface area contributed by atoms with Gasteiger partial charge in [-0.1, -0.05) is 23.7 Å². The van der Waals surface area contributed by atoms with Crippen LogP contribution in [0.1, 0.15) is 23.9 Å². The van der Waals surface area contributed by atoms with E-state index in [1.54, 1.807) is 24.3 Å². The summed E-state index contributed by atoms with van der Waals surface area (Å²) >= 11 is 5.90. The summed E-state index contributed by atoms with van der Waals surface area (Å²) in [5, 5.41) is 10.3. The number of hydrogen-bond donors (Lipinski definition) is 2. The fourth-order valence-corrected chi connectivity index (χ4v) is 2.89. The molecule has 29 heavy (non-hydrogen) atoms. The van der Waals surface area contributed by atoms with Gasteiger partial charge in [-0.2, -0.15) is 8.78 Å². The SMILES string of the molecule is CS(=O)(=O)NC[C@H](Nc1ncc(-c2nnc(C(F)F)o2)cn1)c1ccc(Cl)cc1. The molecule has 0 bridgehead atoms. The van der Waals surface area contributed by atoms with Crippen LogP contribution in [0.25, 0.3) is 11.5 Å². The van der Waals surface area contributed by atoms with Crippen LogP contribution in [0.5, 0.6) is 0 Å². The lowest BCUT2D eigenvalue weighted by molar-refractivity contribution is 0.116. The summed E-state index contributed by atoms with van der Waals surface area (Å²) in [4.78, 5) is 8.19. The Morgan fingerprint density at radius 3 is 2.34 bits per heavy atom. The molecule has 0 saturated heterocycles. The Morgan fingerprint density at radius 1 is 1.14 bits per heavy atom. The first-order valence-corrected chi connectivity index (χ1v) is 10.4. The van der Waals surface area contributed by atoms with E-state index in [0.717, 1.165) is 11.8 Å². The largest absolute Gasteiger partial charge is 0.415 e. The van der Waals surface area contributed by atoms with Gasteiger partial charge in [-0.25, -0.2) is 23.1 Å². The number of nitrogens with zero attached hydrogens (tertiary/aromatic N) is 4. The molecule has 1 aromatic carbocycles. The van der Waals surface area contributed by atoms with Gasteiger partial charge in [-0.15, -0.1) is 10.2 Å². The number of rotatable bonds is 8. The minimum Gasteiger partial charge on any atom is -0.415 e. The number of anilines is 1. The Labute approximate surface area is 169 Å². The second-order valence-corrected chi connectivity index (χ2v) is 8.18. The third kappa shape index (κ3) is 5.89. The Morgan fingerprint density at radius 2 is 1.79 bits per heavy atom. The van der Waals surface area contributed by atoms with Crippen molar-refractivity contribution in [3.8, 4) is 11.5 Å². The van der Waals surface area contributed by atoms with E-state index in [9.17, 15) is 17.2 Å². The van der Waals surface area contributed by atoms with Crippen molar-refractivity contribution in [1.29, 1.82) is 0 Å². The maximum Gasteiger partial charge on any atom is 0.314 e. The number of aromatic nitrogens is 4. The molecule has 0 spiro atoms. The van der Waals surface area contributed by atoms with Crippen molar-refractivity contribution in [2.24, 2.45) is 0 Å². The normalized spacial score (nSPS) is 12.9. The minimum absolute atomic E-state index is 0.0347. The molecule has 0 fully saturated rings. The number of hydrogen-bond acceptors (Lipinski definition) is 8. The standard InChI is InChI=1S/C16H15ClF2N6O3S/c1-29(26,27)22-8-12(9-2-4-11(17)5-3-9)23-16-20-6-10(7-21-16)14-24-25-15(28-14)13(18)19/h2-7,12-13,22H,8H2,1H3,(H,20,21,23)/t12-/m0/s1. The quantitative estimate of drug-likeness (QED) is 0.543. The molecule has 3 aromatic rings. The molecular weight excluding hydrogens is 430 g/mol. The van der Waals surface area contributed by atoms with E-state index in [-0.39, 0.29) is 23.9 Å². The van der Waals surface area contributed by atoms with Crippen LogP contribution in [-0.4, -0.2) is 41.4 Å². The third-order valence-corrected chi connectivity index (χ3v) is 4.59. The number of nitrogens with one attached hydrogen (secondary N) is 2. The van der Waals surface area contributed by atoms with Crippen LogP contribution < -0.4 is 10.0 Å². The lowest BCUT2D eigenvalue weighted by atomic mass is 10.1. The molecule has 0 radical (unpaired) electrons. The number of alkyl halides is 2. The van der Waals surface area contributed by atoms with Crippen molar-refractivity contribution in [2.45, 2.75) is 12.5 Å². The smallest absolute Gasteiger partial charge is 0.314 e. The van der Waals surface area contributed by atoms with E-state index in [1.807, 2.05) is 0 Å². The highest BCUT2D eigenvalue weighted by Crippen LogP contribution is 2.23. The van der Waals surface area contributed by atoms with Gasteiger partial charge in [0.2, 0.25) is 16.0 Å². The van der Waals surface area contributed by atoms with Gasteiger partial charge in [0.15, 0.2) is 0 Å². The molecule has 9 nitrogen and oxygen atoms in total. The number of sulfonamides is 1. The molecular formula is C16H15ClF2N6O3S. The summed E-state index contributed by atoms with van der Waals surface area (Å²) in [5.74, 6) is -0.755. The van der Waals surface area contributed by atoms with Gasteiger partial charge >= 0.3 is 6.43 Å². The second kappa shape index (κ2) is 8.76. The molecule has 3 rings (SSSR count). The Balaban J connectivity index is 1.78. The monoisotopic (exact) mass is 444 g/mol. The molecule has 13 heteroatoms. The van der Waals surface area contributed by atoms with Crippen molar-refractivity contribution in [3.63, 3.8) is 0 Å². The van der Waals surface area contributed by atoms with Gasteiger partial charge in [0.25, 0.3) is 11.8 Å². The minimum atomic E-state index is -3.42. The van der Waals surface area contributed by atoms with E-state index in [1.165, 1.54) is 12.4 Å². The van der Waals surface area contributed by atoms with Crippen LogP contribution in [0.2, 0.25) is 5.02 Å². The Hall–Kier alpha value is -2.70. The van der Waals surface area contributed by atoms with Gasteiger partial charge in [-0.05, 0) is 17.7 Å². The van der Waals surface area contributed by atoms with Crippen LogP contribution in [0.15, 0.2) is 41.1 Å². The highest BCUT2D eigenvalue weighted by molar-refractivity contribution is 7.88. The van der Waals surface area contributed by atoms with Crippen molar-refractivity contribution >= 4 is 27.6 Å². The first-order chi connectivity index (χ1) is 13.7. The molecule has 0 aliphatic rings. The van der Waals surface area contributed by atoms with Gasteiger partial charge in [0.1, 0.15) is 0 Å². The van der Waals surface area contributed by atoms with Crippen molar-refractivity contribution < 1.29 is 21.6 Å². The van der Waals surface area contributed by atoms with E-state index in [4.69, 9.17) is 16.0 Å². The highest BCUT2D eigenvalue weighted by atomic mass is 35.5. The summed E-state index contributed by atoms with van der Waals surface area (Å²) < 4.78 is 55.3. The molecule has 1 atom stereocenters. The van der Waals surface area contributed by atoms with Crippen LogP contribution in [-0.2, 0) is 10.0 Å². The van der Waals surface area contributed by atoms with Gasteiger partial charge in [-0.3, -0.25) is 0 Å². The average Bonchev–Trinajstić information content (AvgIpc) is 3.16. The first kappa shape index (κ1) is 21.0. The molecule has 0 saturated carbocycles. The van der Waals surface area contributed by atoms with E-state index >= 15 is 0 Å². The summed E-state index contributed by atoms with van der Waals surface area (Å²) in [6.45, 7) is 0.0347. The Bertz CT molecular complexity index is 1060. The van der Waals surface area contributed by atoms with E-state index in [0.29, 0.717) is 5.02 Å². The fraction of sp³-hybridized carbons (Fsp3) is 0.250. The zero-order valence-electron chi connectivity index (χ0n) is 14.9. The lowest BCUT2D eigenvalue weighted by Gasteiger charge is -2.19. The highest BCUT2D eigenvalue weighted by Gasteiger charge is 2.18.